The Kier molecular flexibility index (Phi) is 5.22. The number of fused-ring (bicyclic) bond motifs is 1. The zero-order chi connectivity index (χ0) is 18.5. The zero-order valence-electron chi connectivity index (χ0n) is 14.8. The molecule has 0 atom stereocenters. The van der Waals surface area contributed by atoms with E-state index in [-0.39, 0.29) is 11.8 Å². The first-order valence-corrected chi connectivity index (χ1v) is 8.35. The van der Waals surface area contributed by atoms with E-state index in [0.29, 0.717) is 30.1 Å². The molecule has 3 rings (SSSR count). The number of ether oxygens (including phenoxy) is 1. The summed E-state index contributed by atoms with van der Waals surface area (Å²) in [5, 5.41) is 6.63. The number of para-hydroxylation sites is 2. The standard InChI is InChI=1S/C20H21N3O3/c1-23-16-9-5-3-7-14(16)13-17(23)20(25)22-12-11-21-19(24)15-8-4-6-10-18(15)26-2/h3-10,13H,11-12H2,1-2H3,(H,21,24)(H,22,25). The number of aromatic nitrogens is 1. The highest BCUT2D eigenvalue weighted by molar-refractivity contribution is 5.99. The average molecular weight is 351 g/mol. The van der Waals surface area contributed by atoms with Crippen LogP contribution in [0.5, 0.6) is 5.75 Å². The Balaban J connectivity index is 1.55. The molecule has 1 heterocycles. The van der Waals surface area contributed by atoms with Crippen molar-refractivity contribution in [2.45, 2.75) is 0 Å². The van der Waals surface area contributed by atoms with E-state index in [1.807, 2.05) is 41.9 Å². The maximum atomic E-state index is 12.4. The number of methoxy groups -OCH3 is 1. The summed E-state index contributed by atoms with van der Waals surface area (Å²) >= 11 is 0. The van der Waals surface area contributed by atoms with Gasteiger partial charge in [0.1, 0.15) is 11.4 Å². The second-order valence-electron chi connectivity index (χ2n) is 5.86. The highest BCUT2D eigenvalue weighted by Crippen LogP contribution is 2.18. The van der Waals surface area contributed by atoms with Crippen LogP contribution in [0.4, 0.5) is 0 Å². The maximum Gasteiger partial charge on any atom is 0.267 e. The molecule has 0 spiro atoms. The van der Waals surface area contributed by atoms with Gasteiger partial charge < -0.3 is 19.9 Å². The lowest BCUT2D eigenvalue weighted by Crippen LogP contribution is -2.35. The third-order valence-electron chi connectivity index (χ3n) is 4.23. The SMILES string of the molecule is COc1ccccc1C(=O)NCCNC(=O)c1cc2ccccc2n1C. The van der Waals surface area contributed by atoms with Gasteiger partial charge in [-0.05, 0) is 24.3 Å². The molecular formula is C20H21N3O3. The van der Waals surface area contributed by atoms with Gasteiger partial charge in [-0.1, -0.05) is 30.3 Å². The van der Waals surface area contributed by atoms with Crippen molar-refractivity contribution >= 4 is 22.7 Å². The van der Waals surface area contributed by atoms with E-state index in [9.17, 15) is 9.59 Å². The number of nitrogens with zero attached hydrogens (tertiary/aromatic N) is 1. The Morgan fingerprint density at radius 1 is 0.962 bits per heavy atom. The van der Waals surface area contributed by atoms with Gasteiger partial charge in [0.2, 0.25) is 0 Å². The zero-order valence-corrected chi connectivity index (χ0v) is 14.8. The van der Waals surface area contributed by atoms with E-state index >= 15 is 0 Å². The van der Waals surface area contributed by atoms with E-state index in [1.165, 1.54) is 7.11 Å². The largest absolute Gasteiger partial charge is 0.496 e. The van der Waals surface area contributed by atoms with Crippen molar-refractivity contribution < 1.29 is 14.3 Å². The fourth-order valence-corrected chi connectivity index (χ4v) is 2.88. The van der Waals surface area contributed by atoms with Crippen LogP contribution < -0.4 is 15.4 Å². The van der Waals surface area contributed by atoms with Crippen molar-refractivity contribution in [3.05, 3.63) is 65.9 Å². The van der Waals surface area contributed by atoms with Gasteiger partial charge in [-0.2, -0.15) is 0 Å². The van der Waals surface area contributed by atoms with Crippen LogP contribution in [0.1, 0.15) is 20.8 Å². The van der Waals surface area contributed by atoms with Crippen LogP contribution in [0.15, 0.2) is 54.6 Å². The summed E-state index contributed by atoms with van der Waals surface area (Å²) in [6.45, 7) is 0.661. The molecule has 0 saturated heterocycles. The molecule has 2 N–H and O–H groups in total. The molecule has 0 aliphatic heterocycles. The molecule has 6 nitrogen and oxygen atoms in total. The molecule has 2 aromatic carbocycles. The molecule has 0 radical (unpaired) electrons. The molecule has 26 heavy (non-hydrogen) atoms. The molecule has 6 heteroatoms. The number of nitrogens with one attached hydrogen (secondary N) is 2. The number of amides is 2. The molecule has 0 fully saturated rings. The number of benzene rings is 2. The van der Waals surface area contributed by atoms with Crippen LogP contribution in [-0.4, -0.2) is 36.6 Å². The molecule has 2 amide bonds. The molecule has 0 bridgehead atoms. The summed E-state index contributed by atoms with van der Waals surface area (Å²) in [6, 6.07) is 16.7. The van der Waals surface area contributed by atoms with E-state index in [0.717, 1.165) is 10.9 Å². The number of hydrogen-bond donors (Lipinski definition) is 2. The molecule has 1 aromatic heterocycles. The highest BCUT2D eigenvalue weighted by atomic mass is 16.5. The van der Waals surface area contributed by atoms with Crippen LogP contribution in [-0.2, 0) is 7.05 Å². The smallest absolute Gasteiger partial charge is 0.267 e. The Hall–Kier alpha value is -3.28. The molecule has 0 aliphatic rings. The second kappa shape index (κ2) is 7.74. The van der Waals surface area contributed by atoms with Crippen molar-refractivity contribution in [3.63, 3.8) is 0 Å². The maximum absolute atomic E-state index is 12.4. The molecule has 0 saturated carbocycles. The Labute approximate surface area is 151 Å². The lowest BCUT2D eigenvalue weighted by molar-refractivity contribution is 0.0922. The monoisotopic (exact) mass is 351 g/mol. The van der Waals surface area contributed by atoms with E-state index in [1.54, 1.807) is 24.3 Å². The molecular weight excluding hydrogens is 330 g/mol. The summed E-state index contributed by atoms with van der Waals surface area (Å²) in [5.74, 6) is 0.112. The average Bonchev–Trinajstić information content (AvgIpc) is 3.02. The predicted octanol–water partition coefficient (Wildman–Crippen LogP) is 2.35. The first kappa shape index (κ1) is 17.5. The van der Waals surface area contributed by atoms with Crippen LogP contribution in [0.2, 0.25) is 0 Å². The predicted molar refractivity (Wildman–Crippen MR) is 101 cm³/mol. The van der Waals surface area contributed by atoms with E-state index in [4.69, 9.17) is 4.74 Å². The number of carbonyl (C=O) groups excluding carboxylic acids is 2. The molecule has 3 aromatic rings. The minimum Gasteiger partial charge on any atom is -0.496 e. The van der Waals surface area contributed by atoms with Crippen LogP contribution >= 0.6 is 0 Å². The van der Waals surface area contributed by atoms with E-state index in [2.05, 4.69) is 10.6 Å². The van der Waals surface area contributed by atoms with Gasteiger partial charge in [0.25, 0.3) is 11.8 Å². The van der Waals surface area contributed by atoms with Crippen LogP contribution in [0, 0.1) is 0 Å². The van der Waals surface area contributed by atoms with Crippen molar-refractivity contribution in [2.24, 2.45) is 7.05 Å². The van der Waals surface area contributed by atoms with Gasteiger partial charge in [0.05, 0.1) is 12.7 Å². The number of rotatable bonds is 6. The van der Waals surface area contributed by atoms with Crippen LogP contribution in [0.25, 0.3) is 10.9 Å². The summed E-state index contributed by atoms with van der Waals surface area (Å²) in [4.78, 5) is 24.6. The van der Waals surface area contributed by atoms with Crippen molar-refractivity contribution in [1.82, 2.24) is 15.2 Å². The minimum absolute atomic E-state index is 0.171. The lowest BCUT2D eigenvalue weighted by atomic mass is 10.2. The van der Waals surface area contributed by atoms with E-state index < -0.39 is 0 Å². The fourth-order valence-electron chi connectivity index (χ4n) is 2.88. The Bertz CT molecular complexity index is 946. The van der Waals surface area contributed by atoms with Gasteiger partial charge in [-0.15, -0.1) is 0 Å². The summed E-state index contributed by atoms with van der Waals surface area (Å²) in [5.41, 5.74) is 2.05. The number of aryl methyl sites for hydroxylation is 1. The normalized spacial score (nSPS) is 10.5. The van der Waals surface area contributed by atoms with Crippen molar-refractivity contribution in [3.8, 4) is 5.75 Å². The van der Waals surface area contributed by atoms with Crippen molar-refractivity contribution in [1.29, 1.82) is 0 Å². The third-order valence-corrected chi connectivity index (χ3v) is 4.23. The number of hydrogen-bond acceptors (Lipinski definition) is 3. The second-order valence-corrected chi connectivity index (χ2v) is 5.86. The van der Waals surface area contributed by atoms with Crippen molar-refractivity contribution in [2.75, 3.05) is 20.2 Å². The summed E-state index contributed by atoms with van der Waals surface area (Å²) in [6.07, 6.45) is 0. The Morgan fingerprint density at radius 2 is 1.62 bits per heavy atom. The van der Waals surface area contributed by atoms with Gasteiger partial charge in [-0.25, -0.2) is 0 Å². The molecule has 0 aliphatic carbocycles. The first-order chi connectivity index (χ1) is 12.6. The van der Waals surface area contributed by atoms with Gasteiger partial charge >= 0.3 is 0 Å². The van der Waals surface area contributed by atoms with Crippen LogP contribution in [0.3, 0.4) is 0 Å². The van der Waals surface area contributed by atoms with Gasteiger partial charge in [0.15, 0.2) is 0 Å². The summed E-state index contributed by atoms with van der Waals surface area (Å²) in [7, 11) is 3.39. The summed E-state index contributed by atoms with van der Waals surface area (Å²) < 4.78 is 7.04. The first-order valence-electron chi connectivity index (χ1n) is 8.35. The quantitative estimate of drug-likeness (QED) is 0.670. The Morgan fingerprint density at radius 3 is 2.35 bits per heavy atom. The topological polar surface area (TPSA) is 72.4 Å². The molecule has 134 valence electrons. The third kappa shape index (κ3) is 3.54. The number of carbonyl (C=O) groups is 2. The van der Waals surface area contributed by atoms with Gasteiger partial charge in [0, 0.05) is 31.0 Å². The van der Waals surface area contributed by atoms with Gasteiger partial charge in [-0.3, -0.25) is 9.59 Å². The highest BCUT2D eigenvalue weighted by Gasteiger charge is 2.13. The molecule has 0 unspecified atom stereocenters. The fraction of sp³-hybridized carbons (Fsp3) is 0.200. The lowest BCUT2D eigenvalue weighted by Gasteiger charge is -2.10. The minimum atomic E-state index is -0.235.